The van der Waals surface area contributed by atoms with Crippen molar-refractivity contribution in [1.29, 1.82) is 0 Å². The molecule has 0 amide bonds. The van der Waals surface area contributed by atoms with Crippen LogP contribution in [0.15, 0.2) is 0 Å². The smallest absolute Gasteiger partial charge is 0.308 e. The van der Waals surface area contributed by atoms with Crippen LogP contribution in [0.5, 0.6) is 0 Å². The minimum atomic E-state index is 0.0847. The van der Waals surface area contributed by atoms with Gasteiger partial charge in [-0.15, -0.1) is 0 Å². The van der Waals surface area contributed by atoms with Gasteiger partial charge in [0.05, 0.1) is 25.0 Å². The minimum Gasteiger partial charge on any atom is -0.465 e. The maximum atomic E-state index is 12.9. The Morgan fingerprint density at radius 1 is 0.283 bits per heavy atom. The van der Waals surface area contributed by atoms with Crippen molar-refractivity contribution in [2.75, 3.05) is 13.2 Å². The van der Waals surface area contributed by atoms with Crippen molar-refractivity contribution in [3.8, 4) is 0 Å². The number of carbonyl (C=O) groups is 2. The van der Waals surface area contributed by atoms with Gasteiger partial charge >= 0.3 is 11.9 Å². The summed E-state index contributed by atoms with van der Waals surface area (Å²) in [5.74, 6) is 0.409. The first-order chi connectivity index (χ1) is 26.1. The summed E-state index contributed by atoms with van der Waals surface area (Å²) in [6, 6.07) is 0. The molecular formula is C49H96O4. The molecule has 0 fully saturated rings. The number of hydrogen-bond donors (Lipinski definition) is 0. The highest BCUT2D eigenvalue weighted by Gasteiger charge is 2.20. The average molecular weight is 749 g/mol. The molecule has 0 saturated heterocycles. The van der Waals surface area contributed by atoms with Crippen molar-refractivity contribution in [2.24, 2.45) is 11.8 Å². The molecule has 53 heavy (non-hydrogen) atoms. The summed E-state index contributed by atoms with van der Waals surface area (Å²) >= 11 is 0. The van der Waals surface area contributed by atoms with Gasteiger partial charge < -0.3 is 9.47 Å². The van der Waals surface area contributed by atoms with Crippen molar-refractivity contribution >= 4 is 11.9 Å². The monoisotopic (exact) mass is 749 g/mol. The Morgan fingerprint density at radius 2 is 0.472 bits per heavy atom. The van der Waals surface area contributed by atoms with Gasteiger partial charge in [0.2, 0.25) is 0 Å². The van der Waals surface area contributed by atoms with Crippen LogP contribution in [0.25, 0.3) is 0 Å². The molecule has 4 nitrogen and oxygen atoms in total. The van der Waals surface area contributed by atoms with Crippen molar-refractivity contribution in [1.82, 2.24) is 0 Å². The summed E-state index contributed by atoms with van der Waals surface area (Å²) in [7, 11) is 0. The second-order valence-electron chi connectivity index (χ2n) is 16.8. The fourth-order valence-electron chi connectivity index (χ4n) is 7.82. The highest BCUT2D eigenvalue weighted by Crippen LogP contribution is 2.23. The third-order valence-corrected chi connectivity index (χ3v) is 11.6. The van der Waals surface area contributed by atoms with Gasteiger partial charge in [-0.3, -0.25) is 9.59 Å². The molecular weight excluding hydrogens is 653 g/mol. The molecule has 316 valence electrons. The molecule has 0 saturated carbocycles. The molecule has 0 atom stereocenters. The zero-order valence-corrected chi connectivity index (χ0v) is 36.8. The summed E-state index contributed by atoms with van der Waals surface area (Å²) in [6.07, 6.45) is 48.3. The summed E-state index contributed by atoms with van der Waals surface area (Å²) in [4.78, 5) is 25.9. The maximum Gasteiger partial charge on any atom is 0.308 e. The molecule has 0 aliphatic heterocycles. The van der Waals surface area contributed by atoms with Gasteiger partial charge in [-0.1, -0.05) is 240 Å². The number of rotatable bonds is 44. The van der Waals surface area contributed by atoms with Gasteiger partial charge in [0.1, 0.15) is 0 Å². The lowest BCUT2D eigenvalue weighted by atomic mass is 9.94. The molecule has 0 bridgehead atoms. The molecule has 0 spiro atoms. The highest BCUT2D eigenvalue weighted by atomic mass is 16.5. The van der Waals surface area contributed by atoms with Crippen LogP contribution in [0, 0.1) is 11.8 Å². The topological polar surface area (TPSA) is 52.6 Å². The van der Waals surface area contributed by atoms with Crippen molar-refractivity contribution in [3.05, 3.63) is 0 Å². The van der Waals surface area contributed by atoms with Gasteiger partial charge in [0, 0.05) is 0 Å². The van der Waals surface area contributed by atoms with Gasteiger partial charge in [0.15, 0.2) is 0 Å². The second kappa shape index (κ2) is 43.7. The number of esters is 2. The zero-order chi connectivity index (χ0) is 38.7. The SMILES string of the molecule is CCCCCCCCC(CCCCCCCC)C(=O)OCCCCCCCCCCCCCOC(=O)C(CCCCCCCC)CCCCCCCC. The number of carbonyl (C=O) groups excluding carboxylic acids is 2. The molecule has 0 N–H and O–H groups in total. The Bertz CT molecular complexity index is 644. The van der Waals surface area contributed by atoms with Crippen LogP contribution in [-0.4, -0.2) is 25.2 Å². The quantitative estimate of drug-likeness (QED) is 0.0460. The fraction of sp³-hybridized carbons (Fsp3) is 0.959. The summed E-state index contributed by atoms with van der Waals surface area (Å²) < 4.78 is 11.6. The molecule has 0 radical (unpaired) electrons. The van der Waals surface area contributed by atoms with E-state index in [1.807, 2.05) is 0 Å². The molecule has 0 aliphatic carbocycles. The van der Waals surface area contributed by atoms with E-state index in [9.17, 15) is 9.59 Å². The number of hydrogen-bond acceptors (Lipinski definition) is 4. The lowest BCUT2D eigenvalue weighted by Gasteiger charge is -2.16. The van der Waals surface area contributed by atoms with Crippen LogP contribution < -0.4 is 0 Å². The van der Waals surface area contributed by atoms with Crippen LogP contribution in [0.2, 0.25) is 0 Å². The van der Waals surface area contributed by atoms with E-state index < -0.39 is 0 Å². The van der Waals surface area contributed by atoms with Gasteiger partial charge in [0.25, 0.3) is 0 Å². The zero-order valence-electron chi connectivity index (χ0n) is 36.8. The molecule has 0 heterocycles. The molecule has 0 unspecified atom stereocenters. The lowest BCUT2D eigenvalue weighted by molar-refractivity contribution is -0.150. The van der Waals surface area contributed by atoms with Crippen LogP contribution in [0.3, 0.4) is 0 Å². The van der Waals surface area contributed by atoms with E-state index in [0.717, 1.165) is 38.5 Å². The molecule has 0 aromatic rings. The number of ether oxygens (including phenoxy) is 2. The standard InChI is InChI=1S/C49H96O4/c1-5-9-13-17-28-34-40-46(41-35-29-18-14-10-6-2)48(50)52-44-38-32-26-24-22-21-23-25-27-33-39-45-53-49(51)47(42-36-30-19-15-11-7-3)43-37-31-20-16-12-8-4/h46-47H,5-45H2,1-4H3. The predicted molar refractivity (Wildman–Crippen MR) is 232 cm³/mol. The molecule has 0 aromatic heterocycles. The summed E-state index contributed by atoms with van der Waals surface area (Å²) in [5.41, 5.74) is 0. The Labute approximate surface area is 333 Å². The summed E-state index contributed by atoms with van der Waals surface area (Å²) in [6.45, 7) is 10.3. The average Bonchev–Trinajstić information content (AvgIpc) is 3.16. The fourth-order valence-corrected chi connectivity index (χ4v) is 7.82. The van der Waals surface area contributed by atoms with E-state index in [0.29, 0.717) is 13.2 Å². The van der Waals surface area contributed by atoms with Gasteiger partial charge in [-0.2, -0.15) is 0 Å². The van der Waals surface area contributed by atoms with Crippen LogP contribution in [0.1, 0.15) is 278 Å². The van der Waals surface area contributed by atoms with E-state index in [1.54, 1.807) is 0 Å². The van der Waals surface area contributed by atoms with Crippen LogP contribution in [0.4, 0.5) is 0 Å². The van der Waals surface area contributed by atoms with E-state index in [-0.39, 0.29) is 23.8 Å². The predicted octanol–water partition coefficient (Wildman–Crippen LogP) is 16.6. The molecule has 4 heteroatoms. The van der Waals surface area contributed by atoms with E-state index in [4.69, 9.17) is 9.47 Å². The lowest BCUT2D eigenvalue weighted by Crippen LogP contribution is -2.18. The molecule has 0 aliphatic rings. The third-order valence-electron chi connectivity index (χ3n) is 11.6. The van der Waals surface area contributed by atoms with Crippen LogP contribution in [-0.2, 0) is 19.1 Å². The third kappa shape index (κ3) is 37.6. The van der Waals surface area contributed by atoms with Crippen LogP contribution >= 0.6 is 0 Å². The van der Waals surface area contributed by atoms with Gasteiger partial charge in [-0.25, -0.2) is 0 Å². The van der Waals surface area contributed by atoms with Crippen molar-refractivity contribution in [2.45, 2.75) is 278 Å². The molecule has 0 aromatic carbocycles. The Morgan fingerprint density at radius 3 is 0.698 bits per heavy atom. The van der Waals surface area contributed by atoms with Crippen molar-refractivity contribution < 1.29 is 19.1 Å². The maximum absolute atomic E-state index is 12.9. The van der Waals surface area contributed by atoms with Gasteiger partial charge in [-0.05, 0) is 38.5 Å². The Balaban J connectivity index is 3.97. The van der Waals surface area contributed by atoms with E-state index in [2.05, 4.69) is 27.7 Å². The molecule has 0 rings (SSSR count). The second-order valence-corrected chi connectivity index (χ2v) is 16.8. The van der Waals surface area contributed by atoms with E-state index in [1.165, 1.54) is 212 Å². The summed E-state index contributed by atoms with van der Waals surface area (Å²) in [5, 5.41) is 0. The first kappa shape index (κ1) is 51.9. The van der Waals surface area contributed by atoms with Crippen molar-refractivity contribution in [3.63, 3.8) is 0 Å². The van der Waals surface area contributed by atoms with E-state index >= 15 is 0 Å². The number of unbranched alkanes of at least 4 members (excludes halogenated alkanes) is 30. The Hall–Kier alpha value is -1.06. The Kier molecular flexibility index (Phi) is 42.8. The normalized spacial score (nSPS) is 11.6. The first-order valence-corrected chi connectivity index (χ1v) is 24.4. The largest absolute Gasteiger partial charge is 0.465 e. The minimum absolute atomic E-state index is 0.0847. The highest BCUT2D eigenvalue weighted by molar-refractivity contribution is 5.72. The first-order valence-electron chi connectivity index (χ1n) is 24.4.